The number of halogens is 3. The van der Waals surface area contributed by atoms with Crippen LogP contribution in [0.25, 0.3) is 0 Å². The van der Waals surface area contributed by atoms with Crippen molar-refractivity contribution in [3.63, 3.8) is 0 Å². The lowest BCUT2D eigenvalue weighted by molar-refractivity contribution is 0.553. The molecule has 1 fully saturated rings. The molecule has 3 atom stereocenters. The van der Waals surface area contributed by atoms with Crippen LogP contribution in [0.5, 0.6) is 0 Å². The van der Waals surface area contributed by atoms with Crippen molar-refractivity contribution >= 4 is 50.1 Å². The van der Waals surface area contributed by atoms with Crippen molar-refractivity contribution in [2.45, 2.75) is 33.4 Å². The fourth-order valence-electron chi connectivity index (χ4n) is 1.12. The molecule has 1 saturated carbocycles. The highest BCUT2D eigenvalue weighted by molar-refractivity contribution is 14.1. The third-order valence-corrected chi connectivity index (χ3v) is 3.66. The van der Waals surface area contributed by atoms with E-state index in [1.165, 1.54) is 12.8 Å². The summed E-state index contributed by atoms with van der Waals surface area (Å²) in [5, 5.41) is 0.407. The number of alkyl halides is 3. The number of rotatable bonds is 0. The third kappa shape index (κ3) is 2.93. The average molecular weight is 323 g/mol. The van der Waals surface area contributed by atoms with E-state index in [9.17, 15) is 0 Å². The Balaban J connectivity index is 2.34. The van der Waals surface area contributed by atoms with Crippen molar-refractivity contribution in [2.75, 3.05) is 0 Å². The summed E-state index contributed by atoms with van der Waals surface area (Å²) in [6, 6.07) is 0. The first-order valence-corrected chi connectivity index (χ1v) is 5.70. The maximum absolute atomic E-state index is 5.97. The summed E-state index contributed by atoms with van der Waals surface area (Å²) in [4.78, 5) is 0.663. The molecule has 3 unspecified atom stereocenters. The molecule has 0 radical (unpaired) electrons. The number of hydrogen-bond acceptors (Lipinski definition) is 0. The summed E-state index contributed by atoms with van der Waals surface area (Å²) in [6.07, 6.45) is 3.61. The minimum absolute atomic E-state index is 0.407. The zero-order chi connectivity index (χ0) is 6.85. The highest BCUT2D eigenvalue weighted by Gasteiger charge is 2.23. The molecule has 9 heavy (non-hydrogen) atoms. The maximum atomic E-state index is 5.97. The van der Waals surface area contributed by atoms with Gasteiger partial charge in [0.15, 0.2) is 0 Å². The van der Waals surface area contributed by atoms with Gasteiger partial charge in [0.05, 0.1) is 0 Å². The van der Waals surface area contributed by atoms with Gasteiger partial charge in [-0.05, 0) is 19.3 Å². The SMILES string of the molecule is ClC1CC(Br)CC(I)C1. The van der Waals surface area contributed by atoms with E-state index < -0.39 is 0 Å². The zero-order valence-corrected chi connectivity index (χ0v) is 9.49. The highest BCUT2D eigenvalue weighted by Crippen LogP contribution is 2.32. The predicted molar refractivity (Wildman–Crippen MR) is 54.0 cm³/mol. The van der Waals surface area contributed by atoms with Gasteiger partial charge in [-0.3, -0.25) is 0 Å². The van der Waals surface area contributed by atoms with E-state index in [2.05, 4.69) is 38.5 Å². The molecule has 0 aromatic heterocycles. The molecule has 0 aromatic rings. The summed E-state index contributed by atoms with van der Waals surface area (Å²) < 4.78 is 0.781. The van der Waals surface area contributed by atoms with Gasteiger partial charge in [-0.25, -0.2) is 0 Å². The Morgan fingerprint density at radius 3 is 2.44 bits per heavy atom. The van der Waals surface area contributed by atoms with Gasteiger partial charge in [0.25, 0.3) is 0 Å². The van der Waals surface area contributed by atoms with Crippen molar-refractivity contribution in [2.24, 2.45) is 0 Å². The van der Waals surface area contributed by atoms with E-state index in [0.717, 1.165) is 10.3 Å². The second-order valence-corrected chi connectivity index (χ2v) is 6.17. The Hall–Kier alpha value is 1.50. The normalized spacial score (nSPS) is 45.0. The Morgan fingerprint density at radius 2 is 2.00 bits per heavy atom. The maximum Gasteiger partial charge on any atom is 0.0356 e. The third-order valence-electron chi connectivity index (χ3n) is 1.53. The molecule has 0 saturated heterocycles. The predicted octanol–water partition coefficient (Wildman–Crippen LogP) is 3.34. The molecule has 1 rings (SSSR count). The minimum atomic E-state index is 0.407. The average Bonchev–Trinajstić information content (AvgIpc) is 1.59. The second-order valence-electron chi connectivity index (χ2n) is 2.50. The Labute approximate surface area is 83.0 Å². The van der Waals surface area contributed by atoms with Crippen LogP contribution in [-0.4, -0.2) is 14.1 Å². The van der Waals surface area contributed by atoms with Crippen molar-refractivity contribution in [1.82, 2.24) is 0 Å². The summed E-state index contributed by atoms with van der Waals surface area (Å²) in [6.45, 7) is 0. The minimum Gasteiger partial charge on any atom is -0.123 e. The molecule has 0 amide bonds. The quantitative estimate of drug-likeness (QED) is 0.474. The van der Waals surface area contributed by atoms with E-state index in [1.807, 2.05) is 0 Å². The first kappa shape index (κ1) is 8.60. The number of hydrogen-bond donors (Lipinski definition) is 0. The van der Waals surface area contributed by atoms with Crippen LogP contribution >= 0.6 is 50.1 Å². The van der Waals surface area contributed by atoms with Crippen LogP contribution in [0.4, 0.5) is 0 Å². The summed E-state index contributed by atoms with van der Waals surface area (Å²) in [5.74, 6) is 0. The molecule has 54 valence electrons. The molecule has 0 aliphatic heterocycles. The van der Waals surface area contributed by atoms with Gasteiger partial charge in [-0.2, -0.15) is 0 Å². The molecule has 1 aliphatic rings. The van der Waals surface area contributed by atoms with Crippen molar-refractivity contribution in [3.05, 3.63) is 0 Å². The van der Waals surface area contributed by atoms with Crippen LogP contribution < -0.4 is 0 Å². The van der Waals surface area contributed by atoms with Gasteiger partial charge in [0, 0.05) is 14.1 Å². The summed E-state index contributed by atoms with van der Waals surface area (Å²) >= 11 is 12.0. The van der Waals surface area contributed by atoms with Gasteiger partial charge >= 0.3 is 0 Å². The van der Waals surface area contributed by atoms with Crippen molar-refractivity contribution < 1.29 is 0 Å². The smallest absolute Gasteiger partial charge is 0.0356 e. The Morgan fingerprint density at radius 1 is 1.33 bits per heavy atom. The van der Waals surface area contributed by atoms with Crippen molar-refractivity contribution in [3.8, 4) is 0 Å². The zero-order valence-electron chi connectivity index (χ0n) is 4.99. The lowest BCUT2D eigenvalue weighted by Crippen LogP contribution is -2.22. The van der Waals surface area contributed by atoms with E-state index in [1.54, 1.807) is 0 Å². The highest BCUT2D eigenvalue weighted by atomic mass is 127. The van der Waals surface area contributed by atoms with Crippen LogP contribution in [0.1, 0.15) is 19.3 Å². The lowest BCUT2D eigenvalue weighted by Gasteiger charge is -2.24. The molecule has 0 bridgehead atoms. The van der Waals surface area contributed by atoms with Gasteiger partial charge < -0.3 is 0 Å². The van der Waals surface area contributed by atoms with Gasteiger partial charge in [0.2, 0.25) is 0 Å². The van der Waals surface area contributed by atoms with Crippen LogP contribution in [0.3, 0.4) is 0 Å². The molecular weight excluding hydrogens is 314 g/mol. The van der Waals surface area contributed by atoms with Gasteiger partial charge in [-0.15, -0.1) is 11.6 Å². The van der Waals surface area contributed by atoms with Crippen molar-refractivity contribution in [1.29, 1.82) is 0 Å². The Bertz CT molecular complexity index is 74.0. The fraction of sp³-hybridized carbons (Fsp3) is 1.00. The topological polar surface area (TPSA) is 0 Å². The van der Waals surface area contributed by atoms with E-state index in [-0.39, 0.29) is 0 Å². The molecule has 0 heterocycles. The standard InChI is InChI=1S/C6H9BrClI/c7-4-1-5(8)3-6(9)2-4/h4-6H,1-3H2. The van der Waals surface area contributed by atoms with E-state index in [4.69, 9.17) is 11.6 Å². The molecule has 0 spiro atoms. The van der Waals surface area contributed by atoms with Crippen LogP contribution in [0, 0.1) is 0 Å². The second kappa shape index (κ2) is 3.77. The Kier molecular flexibility index (Phi) is 3.60. The molecule has 0 aromatic carbocycles. The van der Waals surface area contributed by atoms with Crippen LogP contribution in [0.15, 0.2) is 0 Å². The monoisotopic (exact) mass is 322 g/mol. The van der Waals surface area contributed by atoms with E-state index in [0.29, 0.717) is 10.2 Å². The van der Waals surface area contributed by atoms with E-state index >= 15 is 0 Å². The molecular formula is C6H9BrClI. The van der Waals surface area contributed by atoms with Crippen LogP contribution in [0.2, 0.25) is 0 Å². The molecule has 3 heteroatoms. The van der Waals surface area contributed by atoms with Gasteiger partial charge in [-0.1, -0.05) is 38.5 Å². The molecule has 1 aliphatic carbocycles. The van der Waals surface area contributed by atoms with Gasteiger partial charge in [0.1, 0.15) is 0 Å². The lowest BCUT2D eigenvalue weighted by atomic mass is 10.0. The largest absolute Gasteiger partial charge is 0.123 e. The molecule has 0 N–H and O–H groups in total. The molecule has 0 nitrogen and oxygen atoms in total. The first-order chi connectivity index (χ1) is 4.18. The first-order valence-electron chi connectivity index (χ1n) is 3.10. The fourth-order valence-corrected chi connectivity index (χ4v) is 4.90. The summed E-state index contributed by atoms with van der Waals surface area (Å²) in [7, 11) is 0. The van der Waals surface area contributed by atoms with Crippen LogP contribution in [-0.2, 0) is 0 Å². The summed E-state index contributed by atoms with van der Waals surface area (Å²) in [5.41, 5.74) is 0.